The van der Waals surface area contributed by atoms with Gasteiger partial charge in [-0.3, -0.25) is 0 Å². The van der Waals surface area contributed by atoms with Crippen LogP contribution in [0.5, 0.6) is 0 Å². The summed E-state index contributed by atoms with van der Waals surface area (Å²) in [6, 6.07) is 0.448. The van der Waals surface area contributed by atoms with E-state index in [0.717, 1.165) is 11.8 Å². The standard InChI is InChI=1S/C15H30N2/c1-4-12-6-8-17(10-12)11-13-9-15(2,3)7-5-14(13)16/h12-14H,4-11,16H2,1-3H3. The summed E-state index contributed by atoms with van der Waals surface area (Å²) in [6.07, 6.45) is 6.60. The predicted molar refractivity (Wildman–Crippen MR) is 73.9 cm³/mol. The Kier molecular flexibility index (Phi) is 4.14. The molecule has 0 radical (unpaired) electrons. The first-order valence-electron chi connectivity index (χ1n) is 7.48. The second-order valence-electron chi connectivity index (χ2n) is 7.15. The Morgan fingerprint density at radius 1 is 1.29 bits per heavy atom. The fraction of sp³-hybridized carbons (Fsp3) is 1.00. The van der Waals surface area contributed by atoms with E-state index >= 15 is 0 Å². The van der Waals surface area contributed by atoms with Gasteiger partial charge in [0.25, 0.3) is 0 Å². The summed E-state index contributed by atoms with van der Waals surface area (Å²) >= 11 is 0. The molecule has 0 bridgehead atoms. The molecular weight excluding hydrogens is 208 g/mol. The van der Waals surface area contributed by atoms with Crippen molar-refractivity contribution in [3.05, 3.63) is 0 Å². The van der Waals surface area contributed by atoms with Gasteiger partial charge in [0, 0.05) is 19.1 Å². The monoisotopic (exact) mass is 238 g/mol. The van der Waals surface area contributed by atoms with Gasteiger partial charge in [0.2, 0.25) is 0 Å². The molecule has 0 amide bonds. The minimum absolute atomic E-state index is 0.448. The normalized spacial score (nSPS) is 38.5. The molecule has 2 fully saturated rings. The van der Waals surface area contributed by atoms with Crippen molar-refractivity contribution in [3.63, 3.8) is 0 Å². The van der Waals surface area contributed by atoms with E-state index in [4.69, 9.17) is 5.73 Å². The molecular formula is C15H30N2. The van der Waals surface area contributed by atoms with Crippen LogP contribution >= 0.6 is 0 Å². The smallest absolute Gasteiger partial charge is 0.00797 e. The minimum atomic E-state index is 0.448. The predicted octanol–water partition coefficient (Wildman–Crippen LogP) is 2.87. The van der Waals surface area contributed by atoms with Gasteiger partial charge in [0.05, 0.1) is 0 Å². The molecule has 1 heterocycles. The van der Waals surface area contributed by atoms with E-state index in [9.17, 15) is 0 Å². The topological polar surface area (TPSA) is 29.3 Å². The van der Waals surface area contributed by atoms with Crippen LogP contribution in [0.4, 0.5) is 0 Å². The molecule has 2 nitrogen and oxygen atoms in total. The van der Waals surface area contributed by atoms with Crippen LogP contribution in [0.25, 0.3) is 0 Å². The number of nitrogens with zero attached hydrogens (tertiary/aromatic N) is 1. The van der Waals surface area contributed by atoms with Gasteiger partial charge in [-0.15, -0.1) is 0 Å². The number of likely N-dealkylation sites (tertiary alicyclic amines) is 1. The number of rotatable bonds is 3. The Bertz CT molecular complexity index is 249. The number of nitrogens with two attached hydrogens (primary N) is 1. The minimum Gasteiger partial charge on any atom is -0.327 e. The zero-order chi connectivity index (χ0) is 12.5. The summed E-state index contributed by atoms with van der Waals surface area (Å²) in [7, 11) is 0. The summed E-state index contributed by atoms with van der Waals surface area (Å²) in [6.45, 7) is 11.0. The van der Waals surface area contributed by atoms with Gasteiger partial charge in [-0.05, 0) is 49.5 Å². The average Bonchev–Trinajstić information content (AvgIpc) is 2.71. The maximum Gasteiger partial charge on any atom is 0.00797 e. The highest BCUT2D eigenvalue weighted by atomic mass is 15.1. The van der Waals surface area contributed by atoms with Crippen molar-refractivity contribution in [1.29, 1.82) is 0 Å². The Balaban J connectivity index is 1.85. The maximum atomic E-state index is 6.32. The molecule has 0 spiro atoms. The lowest BCUT2D eigenvalue weighted by Gasteiger charge is -2.40. The quantitative estimate of drug-likeness (QED) is 0.819. The third kappa shape index (κ3) is 3.45. The molecule has 1 saturated heterocycles. The van der Waals surface area contributed by atoms with Gasteiger partial charge < -0.3 is 10.6 Å². The van der Waals surface area contributed by atoms with Gasteiger partial charge in [-0.1, -0.05) is 27.2 Å². The molecule has 0 aromatic carbocycles. The molecule has 100 valence electrons. The Morgan fingerprint density at radius 2 is 2.06 bits per heavy atom. The van der Waals surface area contributed by atoms with Crippen LogP contribution in [-0.4, -0.2) is 30.6 Å². The van der Waals surface area contributed by atoms with Crippen molar-refractivity contribution in [3.8, 4) is 0 Å². The van der Waals surface area contributed by atoms with Gasteiger partial charge in [-0.25, -0.2) is 0 Å². The lowest BCUT2D eigenvalue weighted by Crippen LogP contribution is -2.44. The highest BCUT2D eigenvalue weighted by molar-refractivity contribution is 4.89. The van der Waals surface area contributed by atoms with Crippen molar-refractivity contribution in [2.45, 2.75) is 58.9 Å². The van der Waals surface area contributed by atoms with Crippen molar-refractivity contribution in [1.82, 2.24) is 4.90 Å². The fourth-order valence-electron chi connectivity index (χ4n) is 3.70. The van der Waals surface area contributed by atoms with E-state index in [2.05, 4.69) is 25.7 Å². The van der Waals surface area contributed by atoms with E-state index in [-0.39, 0.29) is 0 Å². The molecule has 2 N–H and O–H groups in total. The second-order valence-corrected chi connectivity index (χ2v) is 7.15. The summed E-state index contributed by atoms with van der Waals surface area (Å²) in [5, 5.41) is 0. The zero-order valence-corrected chi connectivity index (χ0v) is 11.9. The van der Waals surface area contributed by atoms with E-state index in [1.807, 2.05) is 0 Å². The molecule has 1 aliphatic heterocycles. The summed E-state index contributed by atoms with van der Waals surface area (Å²) in [5.41, 5.74) is 6.84. The van der Waals surface area contributed by atoms with Crippen LogP contribution in [-0.2, 0) is 0 Å². The fourth-order valence-corrected chi connectivity index (χ4v) is 3.70. The van der Waals surface area contributed by atoms with Gasteiger partial charge >= 0.3 is 0 Å². The van der Waals surface area contributed by atoms with E-state index in [1.165, 1.54) is 51.7 Å². The molecule has 2 rings (SSSR count). The number of hydrogen-bond donors (Lipinski definition) is 1. The van der Waals surface area contributed by atoms with Crippen LogP contribution in [0.3, 0.4) is 0 Å². The molecule has 17 heavy (non-hydrogen) atoms. The largest absolute Gasteiger partial charge is 0.327 e. The third-order valence-corrected chi connectivity index (χ3v) is 5.01. The van der Waals surface area contributed by atoms with Crippen LogP contribution in [0, 0.1) is 17.3 Å². The number of hydrogen-bond acceptors (Lipinski definition) is 2. The maximum absolute atomic E-state index is 6.32. The van der Waals surface area contributed by atoms with Crippen LogP contribution < -0.4 is 5.73 Å². The molecule has 0 aromatic heterocycles. The molecule has 3 unspecified atom stereocenters. The summed E-state index contributed by atoms with van der Waals surface area (Å²) < 4.78 is 0. The van der Waals surface area contributed by atoms with Crippen LogP contribution in [0.1, 0.15) is 52.9 Å². The van der Waals surface area contributed by atoms with E-state index in [0.29, 0.717) is 11.5 Å². The summed E-state index contributed by atoms with van der Waals surface area (Å²) in [5.74, 6) is 1.68. The van der Waals surface area contributed by atoms with Crippen molar-refractivity contribution >= 4 is 0 Å². The van der Waals surface area contributed by atoms with E-state index < -0.39 is 0 Å². The van der Waals surface area contributed by atoms with Crippen LogP contribution in [0.2, 0.25) is 0 Å². The highest BCUT2D eigenvalue weighted by Crippen LogP contribution is 2.38. The molecule has 2 aliphatic rings. The molecule has 0 aromatic rings. The van der Waals surface area contributed by atoms with Crippen molar-refractivity contribution in [2.75, 3.05) is 19.6 Å². The Morgan fingerprint density at radius 3 is 2.71 bits per heavy atom. The van der Waals surface area contributed by atoms with Gasteiger partial charge in [-0.2, -0.15) is 0 Å². The SMILES string of the molecule is CCC1CCN(CC2CC(C)(C)CCC2N)C1. The first-order valence-corrected chi connectivity index (χ1v) is 7.48. The third-order valence-electron chi connectivity index (χ3n) is 5.01. The van der Waals surface area contributed by atoms with Gasteiger partial charge in [0.15, 0.2) is 0 Å². The lowest BCUT2D eigenvalue weighted by molar-refractivity contribution is 0.123. The van der Waals surface area contributed by atoms with Gasteiger partial charge in [0.1, 0.15) is 0 Å². The van der Waals surface area contributed by atoms with E-state index in [1.54, 1.807) is 0 Å². The molecule has 3 atom stereocenters. The summed E-state index contributed by atoms with van der Waals surface area (Å²) in [4.78, 5) is 2.67. The Hall–Kier alpha value is -0.0800. The highest BCUT2D eigenvalue weighted by Gasteiger charge is 2.34. The molecule has 1 saturated carbocycles. The van der Waals surface area contributed by atoms with Crippen LogP contribution in [0.15, 0.2) is 0 Å². The Labute approximate surface area is 107 Å². The average molecular weight is 238 g/mol. The molecule has 2 heteroatoms. The zero-order valence-electron chi connectivity index (χ0n) is 11.9. The second kappa shape index (κ2) is 5.27. The first kappa shape index (κ1) is 13.4. The van der Waals surface area contributed by atoms with Crippen molar-refractivity contribution in [2.24, 2.45) is 23.0 Å². The first-order chi connectivity index (χ1) is 8.00. The van der Waals surface area contributed by atoms with Crippen molar-refractivity contribution < 1.29 is 0 Å². The molecule has 1 aliphatic carbocycles. The lowest BCUT2D eigenvalue weighted by atomic mass is 9.70.